The number of ether oxygens (including phenoxy) is 1. The molecule has 3 N–H and O–H groups in total. The number of rotatable bonds is 6. The molecule has 1 aromatic carbocycles. The molecule has 1 rings (SSSR count). The maximum absolute atomic E-state index is 6.13. The quantitative estimate of drug-likeness (QED) is 0.328. The van der Waals surface area contributed by atoms with E-state index in [4.69, 9.17) is 22.1 Å². The molecule has 0 fully saturated rings. The second-order valence-corrected chi connectivity index (χ2v) is 4.69. The third-order valence-electron chi connectivity index (χ3n) is 2.54. The Hall–Kier alpha value is -0.790. The molecule has 1 atom stereocenters. The van der Waals surface area contributed by atoms with E-state index in [0.717, 1.165) is 11.1 Å². The van der Waals surface area contributed by atoms with Crippen molar-refractivity contribution in [2.75, 3.05) is 20.2 Å². The molecule has 112 valence electrons. The molecule has 0 heterocycles. The van der Waals surface area contributed by atoms with Crippen LogP contribution in [0.4, 0.5) is 0 Å². The van der Waals surface area contributed by atoms with Gasteiger partial charge in [0.2, 0.25) is 0 Å². The summed E-state index contributed by atoms with van der Waals surface area (Å²) in [6.45, 7) is 6.72. The van der Waals surface area contributed by atoms with E-state index in [-0.39, 0.29) is 30.1 Å². The van der Waals surface area contributed by atoms with Gasteiger partial charge in [-0.15, -0.1) is 24.0 Å². The van der Waals surface area contributed by atoms with E-state index in [1.807, 2.05) is 31.2 Å². The van der Waals surface area contributed by atoms with Crippen molar-refractivity contribution >= 4 is 41.5 Å². The lowest BCUT2D eigenvalue weighted by molar-refractivity contribution is 0.111. The highest BCUT2D eigenvalue weighted by atomic mass is 127. The lowest BCUT2D eigenvalue weighted by atomic mass is 10.1. The molecular weight excluding hydrogens is 389 g/mol. The Morgan fingerprint density at radius 1 is 1.50 bits per heavy atom. The van der Waals surface area contributed by atoms with Gasteiger partial charge in [-0.1, -0.05) is 42.0 Å². The van der Waals surface area contributed by atoms with Crippen LogP contribution >= 0.6 is 35.6 Å². The van der Waals surface area contributed by atoms with Crippen LogP contribution in [-0.2, 0) is 4.74 Å². The van der Waals surface area contributed by atoms with Crippen LogP contribution in [0.15, 0.2) is 41.4 Å². The van der Waals surface area contributed by atoms with Gasteiger partial charge >= 0.3 is 0 Å². The molecule has 0 radical (unpaired) electrons. The number of halogens is 2. The number of nitrogens with zero attached hydrogens (tertiary/aromatic N) is 1. The summed E-state index contributed by atoms with van der Waals surface area (Å²) in [5.74, 6) is 0.372. The van der Waals surface area contributed by atoms with Gasteiger partial charge in [0, 0.05) is 24.2 Å². The Balaban J connectivity index is 0.00000361. The molecule has 0 saturated carbocycles. The molecule has 0 spiro atoms. The van der Waals surface area contributed by atoms with Crippen molar-refractivity contribution in [1.82, 2.24) is 5.32 Å². The number of benzene rings is 1. The van der Waals surface area contributed by atoms with E-state index in [0.29, 0.717) is 24.1 Å². The highest BCUT2D eigenvalue weighted by molar-refractivity contribution is 14.0. The fraction of sp³-hybridized carbons (Fsp3) is 0.357. The second kappa shape index (κ2) is 10.0. The Bertz CT molecular complexity index is 465. The Morgan fingerprint density at radius 3 is 2.70 bits per heavy atom. The van der Waals surface area contributed by atoms with Crippen molar-refractivity contribution in [1.29, 1.82) is 0 Å². The summed E-state index contributed by atoms with van der Waals surface area (Å²) >= 11 is 6.13. The summed E-state index contributed by atoms with van der Waals surface area (Å²) in [6.07, 6.45) is -0.209. The molecule has 1 unspecified atom stereocenters. The van der Waals surface area contributed by atoms with E-state index in [2.05, 4.69) is 16.9 Å². The Morgan fingerprint density at radius 2 is 2.15 bits per heavy atom. The zero-order chi connectivity index (χ0) is 14.3. The molecule has 6 heteroatoms. The van der Waals surface area contributed by atoms with Crippen LogP contribution in [0.1, 0.15) is 18.6 Å². The minimum absolute atomic E-state index is 0. The monoisotopic (exact) mass is 409 g/mol. The van der Waals surface area contributed by atoms with E-state index < -0.39 is 0 Å². The van der Waals surface area contributed by atoms with E-state index in [1.54, 1.807) is 7.11 Å². The van der Waals surface area contributed by atoms with Gasteiger partial charge in [0.25, 0.3) is 0 Å². The maximum Gasteiger partial charge on any atom is 0.188 e. The molecule has 20 heavy (non-hydrogen) atoms. The van der Waals surface area contributed by atoms with Crippen LogP contribution < -0.4 is 11.1 Å². The van der Waals surface area contributed by atoms with Crippen LogP contribution in [0.25, 0.3) is 0 Å². The van der Waals surface area contributed by atoms with Crippen LogP contribution in [0, 0.1) is 0 Å². The fourth-order valence-electron chi connectivity index (χ4n) is 1.51. The van der Waals surface area contributed by atoms with Gasteiger partial charge < -0.3 is 15.8 Å². The van der Waals surface area contributed by atoms with Gasteiger partial charge in [0.1, 0.15) is 6.10 Å². The molecular formula is C14H21ClIN3O. The van der Waals surface area contributed by atoms with E-state index in [1.165, 1.54) is 0 Å². The van der Waals surface area contributed by atoms with Crippen molar-refractivity contribution in [3.63, 3.8) is 0 Å². The normalized spacial score (nSPS) is 12.4. The molecule has 0 aromatic heterocycles. The third kappa shape index (κ3) is 6.58. The summed E-state index contributed by atoms with van der Waals surface area (Å²) < 4.78 is 5.40. The molecule has 0 bridgehead atoms. The van der Waals surface area contributed by atoms with Gasteiger partial charge in [0.15, 0.2) is 5.96 Å². The van der Waals surface area contributed by atoms with Gasteiger partial charge in [-0.3, -0.25) is 4.99 Å². The van der Waals surface area contributed by atoms with Crippen molar-refractivity contribution < 1.29 is 4.74 Å². The van der Waals surface area contributed by atoms with Gasteiger partial charge in [-0.25, -0.2) is 0 Å². The number of aliphatic imine (C=N–C) groups is 1. The Kier molecular flexibility index (Phi) is 9.62. The predicted octanol–water partition coefficient (Wildman–Crippen LogP) is 3.13. The smallest absolute Gasteiger partial charge is 0.188 e. The molecule has 0 aliphatic carbocycles. The fourth-order valence-corrected chi connectivity index (χ4v) is 1.77. The maximum atomic E-state index is 6.13. The summed E-state index contributed by atoms with van der Waals surface area (Å²) in [7, 11) is 1.63. The second-order valence-electron chi connectivity index (χ2n) is 4.28. The summed E-state index contributed by atoms with van der Waals surface area (Å²) in [4.78, 5) is 4.24. The number of guanidine groups is 1. The highest BCUT2D eigenvalue weighted by Crippen LogP contribution is 2.24. The van der Waals surface area contributed by atoms with Gasteiger partial charge in [-0.05, 0) is 13.0 Å². The number of nitrogens with two attached hydrogens (primary N) is 1. The SMILES string of the molecule is C=C(C)CNC(N)=NCC(OC)c1ccccc1Cl.I. The van der Waals surface area contributed by atoms with Crippen molar-refractivity contribution in [3.05, 3.63) is 47.0 Å². The molecule has 0 amide bonds. The lowest BCUT2D eigenvalue weighted by Crippen LogP contribution is -2.33. The Labute approximate surface area is 142 Å². The molecule has 0 saturated heterocycles. The number of methoxy groups -OCH3 is 1. The summed E-state index contributed by atoms with van der Waals surface area (Å²) in [5.41, 5.74) is 7.65. The molecule has 0 aliphatic heterocycles. The average Bonchev–Trinajstić information content (AvgIpc) is 2.39. The molecule has 1 aromatic rings. The first-order chi connectivity index (χ1) is 9.04. The zero-order valence-corrected chi connectivity index (χ0v) is 14.8. The highest BCUT2D eigenvalue weighted by Gasteiger charge is 2.13. The van der Waals surface area contributed by atoms with E-state index >= 15 is 0 Å². The standard InChI is InChI=1S/C14H20ClN3O.HI/c1-10(2)8-17-14(16)18-9-13(19-3)11-6-4-5-7-12(11)15;/h4-7,13H,1,8-9H2,2-3H3,(H3,16,17,18);1H. The predicted molar refractivity (Wildman–Crippen MR) is 95.9 cm³/mol. The number of nitrogens with one attached hydrogen (secondary N) is 1. The lowest BCUT2D eigenvalue weighted by Gasteiger charge is -2.15. The third-order valence-corrected chi connectivity index (χ3v) is 2.88. The van der Waals surface area contributed by atoms with Crippen molar-refractivity contribution in [3.8, 4) is 0 Å². The van der Waals surface area contributed by atoms with Crippen molar-refractivity contribution in [2.24, 2.45) is 10.7 Å². The topological polar surface area (TPSA) is 59.6 Å². The van der Waals surface area contributed by atoms with Crippen molar-refractivity contribution in [2.45, 2.75) is 13.0 Å². The average molecular weight is 410 g/mol. The summed E-state index contributed by atoms with van der Waals surface area (Å²) in [5, 5.41) is 3.63. The van der Waals surface area contributed by atoms with Crippen LogP contribution in [0.3, 0.4) is 0 Å². The first-order valence-corrected chi connectivity index (χ1v) is 6.37. The minimum atomic E-state index is -0.209. The number of hydrogen-bond donors (Lipinski definition) is 2. The van der Waals surface area contributed by atoms with Crippen LogP contribution in [0.5, 0.6) is 0 Å². The van der Waals surface area contributed by atoms with Gasteiger partial charge in [-0.2, -0.15) is 0 Å². The zero-order valence-electron chi connectivity index (χ0n) is 11.7. The van der Waals surface area contributed by atoms with Gasteiger partial charge in [0.05, 0.1) is 6.54 Å². The number of hydrogen-bond acceptors (Lipinski definition) is 2. The first kappa shape index (κ1) is 19.2. The van der Waals surface area contributed by atoms with Crippen LogP contribution in [-0.4, -0.2) is 26.2 Å². The molecule has 0 aliphatic rings. The summed E-state index contributed by atoms with van der Waals surface area (Å²) in [6, 6.07) is 7.54. The van der Waals surface area contributed by atoms with Crippen LogP contribution in [0.2, 0.25) is 5.02 Å². The van der Waals surface area contributed by atoms with E-state index in [9.17, 15) is 0 Å². The largest absolute Gasteiger partial charge is 0.375 e. The minimum Gasteiger partial charge on any atom is -0.375 e. The first-order valence-electron chi connectivity index (χ1n) is 6.00. The molecule has 4 nitrogen and oxygen atoms in total.